The zero-order valence-electron chi connectivity index (χ0n) is 15.0. The van der Waals surface area contributed by atoms with Crippen molar-refractivity contribution in [2.45, 2.75) is 20.4 Å². The fraction of sp³-hybridized carbons (Fsp3) is 0.143. The Morgan fingerprint density at radius 2 is 2.04 bits per heavy atom. The maximum Gasteiger partial charge on any atom is 0.271 e. The molecule has 0 aliphatic heterocycles. The van der Waals surface area contributed by atoms with E-state index in [0.717, 1.165) is 16.8 Å². The van der Waals surface area contributed by atoms with Crippen LogP contribution in [0.15, 0.2) is 58.6 Å². The van der Waals surface area contributed by atoms with E-state index in [0.29, 0.717) is 11.1 Å². The number of aryl methyl sites for hydroxylation is 1. The average molecular weight is 358 g/mol. The van der Waals surface area contributed by atoms with Gasteiger partial charge in [0.15, 0.2) is 0 Å². The number of nitrogens with zero attached hydrogens (tertiary/aromatic N) is 4. The smallest absolute Gasteiger partial charge is 0.271 e. The van der Waals surface area contributed by atoms with Crippen molar-refractivity contribution in [2.24, 2.45) is 4.99 Å². The molecule has 0 atom stereocenters. The predicted molar refractivity (Wildman–Crippen MR) is 104 cm³/mol. The summed E-state index contributed by atoms with van der Waals surface area (Å²) in [5.74, 6) is -0.224. The molecular formula is C21H18N4O2. The van der Waals surface area contributed by atoms with Gasteiger partial charge >= 0.3 is 0 Å². The van der Waals surface area contributed by atoms with Gasteiger partial charge in [0.2, 0.25) is 5.88 Å². The lowest BCUT2D eigenvalue weighted by Gasteiger charge is -2.14. The molecule has 0 fully saturated rings. The Balaban J connectivity index is 2.14. The van der Waals surface area contributed by atoms with Gasteiger partial charge in [0, 0.05) is 18.6 Å². The average Bonchev–Trinajstić information content (AvgIpc) is 2.67. The monoisotopic (exact) mass is 358 g/mol. The second-order valence-electron chi connectivity index (χ2n) is 6.15. The van der Waals surface area contributed by atoms with Crippen LogP contribution in [0.4, 0.5) is 5.69 Å². The second-order valence-corrected chi connectivity index (χ2v) is 6.15. The predicted octanol–water partition coefficient (Wildman–Crippen LogP) is 3.24. The lowest BCUT2D eigenvalue weighted by molar-refractivity contribution is 0.413. The Morgan fingerprint density at radius 1 is 1.26 bits per heavy atom. The van der Waals surface area contributed by atoms with Crippen LogP contribution in [0.5, 0.6) is 5.88 Å². The fourth-order valence-electron chi connectivity index (χ4n) is 2.79. The number of aliphatic imine (C=N–C) groups is 1. The Bertz CT molecular complexity index is 1110. The van der Waals surface area contributed by atoms with E-state index in [4.69, 9.17) is 0 Å². The third kappa shape index (κ3) is 3.62. The van der Waals surface area contributed by atoms with E-state index >= 15 is 0 Å². The minimum atomic E-state index is -0.538. The van der Waals surface area contributed by atoms with Crippen LogP contribution in [0.2, 0.25) is 0 Å². The zero-order valence-corrected chi connectivity index (χ0v) is 15.0. The summed E-state index contributed by atoms with van der Waals surface area (Å²) in [7, 11) is 0. The number of hydrogen-bond acceptors (Lipinski definition) is 5. The number of aromatic nitrogens is 2. The molecule has 3 aromatic rings. The SMILES string of the molecule is Cc1ccccc1N=Cc1c(C)c(C#N)c(=O)n(Cc2cccnc2)c1O. The van der Waals surface area contributed by atoms with Crippen LogP contribution in [0.1, 0.15) is 27.8 Å². The maximum atomic E-state index is 12.6. The van der Waals surface area contributed by atoms with Gasteiger partial charge in [-0.1, -0.05) is 24.3 Å². The Kier molecular flexibility index (Phi) is 5.13. The van der Waals surface area contributed by atoms with Crippen molar-refractivity contribution < 1.29 is 5.11 Å². The molecule has 0 saturated carbocycles. The van der Waals surface area contributed by atoms with Gasteiger partial charge in [-0.05, 0) is 42.7 Å². The molecule has 0 aliphatic rings. The van der Waals surface area contributed by atoms with E-state index in [2.05, 4.69) is 9.98 Å². The van der Waals surface area contributed by atoms with Crippen LogP contribution in [0, 0.1) is 25.2 Å². The summed E-state index contributed by atoms with van der Waals surface area (Å²) >= 11 is 0. The van der Waals surface area contributed by atoms with E-state index < -0.39 is 5.56 Å². The highest BCUT2D eigenvalue weighted by Crippen LogP contribution is 2.23. The molecule has 3 rings (SSSR count). The van der Waals surface area contributed by atoms with Crippen LogP contribution in [-0.4, -0.2) is 20.9 Å². The first kappa shape index (κ1) is 18.1. The molecule has 0 saturated heterocycles. The van der Waals surface area contributed by atoms with Crippen molar-refractivity contribution in [3.05, 3.63) is 87.0 Å². The summed E-state index contributed by atoms with van der Waals surface area (Å²) < 4.78 is 1.17. The van der Waals surface area contributed by atoms with E-state index in [9.17, 15) is 15.2 Å². The van der Waals surface area contributed by atoms with Crippen LogP contribution >= 0.6 is 0 Å². The van der Waals surface area contributed by atoms with Gasteiger partial charge in [0.1, 0.15) is 11.6 Å². The molecule has 1 aromatic carbocycles. The molecule has 0 amide bonds. The van der Waals surface area contributed by atoms with Gasteiger partial charge in [-0.2, -0.15) is 5.26 Å². The lowest BCUT2D eigenvalue weighted by Crippen LogP contribution is -2.26. The van der Waals surface area contributed by atoms with Crippen molar-refractivity contribution in [3.63, 3.8) is 0 Å². The number of aromatic hydroxyl groups is 1. The molecule has 2 heterocycles. The van der Waals surface area contributed by atoms with Crippen LogP contribution < -0.4 is 5.56 Å². The van der Waals surface area contributed by atoms with Crippen LogP contribution in [0.25, 0.3) is 0 Å². The number of rotatable bonds is 4. The summed E-state index contributed by atoms with van der Waals surface area (Å²) in [5, 5.41) is 20.2. The van der Waals surface area contributed by atoms with E-state index in [-0.39, 0.29) is 18.0 Å². The third-order valence-electron chi connectivity index (χ3n) is 4.36. The largest absolute Gasteiger partial charge is 0.494 e. The maximum absolute atomic E-state index is 12.6. The summed E-state index contributed by atoms with van der Waals surface area (Å²) in [5.41, 5.74) is 2.67. The number of benzene rings is 1. The van der Waals surface area contributed by atoms with Crippen molar-refractivity contribution in [1.82, 2.24) is 9.55 Å². The number of para-hydroxylation sites is 1. The van der Waals surface area contributed by atoms with E-state index in [1.54, 1.807) is 31.5 Å². The molecule has 1 N–H and O–H groups in total. The summed E-state index contributed by atoms with van der Waals surface area (Å²) in [6, 6.07) is 13.1. The Hall–Kier alpha value is -3.72. The molecular weight excluding hydrogens is 340 g/mol. The molecule has 0 bridgehead atoms. The molecule has 0 unspecified atom stereocenters. The fourth-order valence-corrected chi connectivity index (χ4v) is 2.79. The Morgan fingerprint density at radius 3 is 2.70 bits per heavy atom. The molecule has 2 aromatic heterocycles. The van der Waals surface area contributed by atoms with E-state index in [1.807, 2.05) is 37.3 Å². The highest BCUT2D eigenvalue weighted by Gasteiger charge is 2.18. The van der Waals surface area contributed by atoms with Gasteiger partial charge < -0.3 is 5.11 Å². The summed E-state index contributed by atoms with van der Waals surface area (Å²) in [4.78, 5) is 21.1. The second kappa shape index (κ2) is 7.67. The van der Waals surface area contributed by atoms with Crippen molar-refractivity contribution in [2.75, 3.05) is 0 Å². The zero-order chi connectivity index (χ0) is 19.4. The molecule has 6 heteroatoms. The van der Waals surface area contributed by atoms with E-state index in [1.165, 1.54) is 10.8 Å². The number of nitriles is 1. The van der Waals surface area contributed by atoms with Crippen LogP contribution in [0.3, 0.4) is 0 Å². The minimum Gasteiger partial charge on any atom is -0.494 e. The molecule has 27 heavy (non-hydrogen) atoms. The van der Waals surface area contributed by atoms with Gasteiger partial charge in [0.05, 0.1) is 17.8 Å². The highest BCUT2D eigenvalue weighted by molar-refractivity contribution is 5.87. The van der Waals surface area contributed by atoms with Gasteiger partial charge in [-0.25, -0.2) is 0 Å². The lowest BCUT2D eigenvalue weighted by atomic mass is 10.1. The molecule has 6 nitrogen and oxygen atoms in total. The molecule has 0 spiro atoms. The van der Waals surface area contributed by atoms with Crippen molar-refractivity contribution in [3.8, 4) is 11.9 Å². The first-order chi connectivity index (χ1) is 13.0. The van der Waals surface area contributed by atoms with Gasteiger partial charge in [-0.3, -0.25) is 19.3 Å². The molecule has 134 valence electrons. The normalized spacial score (nSPS) is 10.9. The highest BCUT2D eigenvalue weighted by atomic mass is 16.3. The first-order valence-electron chi connectivity index (χ1n) is 8.38. The number of pyridine rings is 2. The summed E-state index contributed by atoms with van der Waals surface area (Å²) in [6.45, 7) is 3.68. The van der Waals surface area contributed by atoms with Gasteiger partial charge in [0.25, 0.3) is 5.56 Å². The molecule has 0 aliphatic carbocycles. The Labute approximate surface area is 156 Å². The first-order valence-corrected chi connectivity index (χ1v) is 8.38. The minimum absolute atomic E-state index is 0.0112. The van der Waals surface area contributed by atoms with Gasteiger partial charge in [-0.15, -0.1) is 0 Å². The quantitative estimate of drug-likeness (QED) is 0.725. The van der Waals surface area contributed by atoms with Crippen LogP contribution in [-0.2, 0) is 6.54 Å². The summed E-state index contributed by atoms with van der Waals surface area (Å²) in [6.07, 6.45) is 4.73. The standard InChI is InChI=1S/C21H18N4O2/c1-14-6-3-4-8-19(14)24-12-18-15(2)17(10-22)20(26)25(21(18)27)13-16-7-5-9-23-11-16/h3-9,11-12,27H,13H2,1-2H3. The topological polar surface area (TPSA) is 91.3 Å². The molecule has 0 radical (unpaired) electrons. The number of hydrogen-bond donors (Lipinski definition) is 1. The van der Waals surface area contributed by atoms with Crippen molar-refractivity contribution in [1.29, 1.82) is 5.26 Å². The van der Waals surface area contributed by atoms with Crippen molar-refractivity contribution >= 4 is 11.9 Å². The third-order valence-corrected chi connectivity index (χ3v) is 4.36.